The number of amides is 2. The van der Waals surface area contributed by atoms with Crippen LogP contribution in [0.4, 0.5) is 18.0 Å². The van der Waals surface area contributed by atoms with Crippen molar-refractivity contribution in [3.63, 3.8) is 0 Å². The van der Waals surface area contributed by atoms with Crippen LogP contribution in [-0.4, -0.2) is 18.4 Å². The van der Waals surface area contributed by atoms with E-state index in [1.165, 1.54) is 0 Å². The van der Waals surface area contributed by atoms with Gasteiger partial charge in [-0.05, 0) is 12.8 Å². The summed E-state index contributed by atoms with van der Waals surface area (Å²) in [5, 5.41) is 2.98. The Morgan fingerprint density at radius 1 is 1.36 bits per heavy atom. The molecule has 1 fully saturated rings. The van der Waals surface area contributed by atoms with Gasteiger partial charge < -0.3 is 5.32 Å². The molecule has 0 spiro atoms. The van der Waals surface area contributed by atoms with Crippen LogP contribution >= 0.6 is 0 Å². The van der Waals surface area contributed by atoms with Crippen molar-refractivity contribution < 1.29 is 18.0 Å². The Bertz CT molecular complexity index is 164. The van der Waals surface area contributed by atoms with Crippen LogP contribution in [0.3, 0.4) is 0 Å². The largest absolute Gasteiger partial charge is 0.485 e. The molecule has 0 aromatic rings. The first-order valence-electron chi connectivity index (χ1n) is 3.13. The number of nitrogens with one attached hydrogen (secondary N) is 2. The molecule has 3 nitrogen and oxygen atoms in total. The van der Waals surface area contributed by atoms with Gasteiger partial charge in [-0.1, -0.05) is 0 Å². The third kappa shape index (κ3) is 3.69. The fourth-order valence-corrected chi connectivity index (χ4v) is 0.578. The average Bonchev–Trinajstić information content (AvgIpc) is 2.42. The summed E-state index contributed by atoms with van der Waals surface area (Å²) < 4.78 is 34.2. The molecule has 0 aromatic heterocycles. The summed E-state index contributed by atoms with van der Waals surface area (Å²) in [5.41, 5.74) is 0. The lowest BCUT2D eigenvalue weighted by Crippen LogP contribution is -2.44. The van der Waals surface area contributed by atoms with Gasteiger partial charge in [0.2, 0.25) is 0 Å². The fraction of sp³-hybridized carbons (Fsp3) is 0.800. The normalized spacial score (nSPS) is 17.7. The van der Waals surface area contributed by atoms with E-state index < -0.39 is 12.3 Å². The van der Waals surface area contributed by atoms with Gasteiger partial charge in [0.1, 0.15) is 0 Å². The second-order valence-electron chi connectivity index (χ2n) is 2.37. The van der Waals surface area contributed by atoms with E-state index in [9.17, 15) is 18.0 Å². The molecular weight excluding hydrogens is 161 g/mol. The van der Waals surface area contributed by atoms with Crippen LogP contribution in [0.15, 0.2) is 0 Å². The van der Waals surface area contributed by atoms with Crippen LogP contribution < -0.4 is 10.6 Å². The molecule has 0 aromatic carbocycles. The highest BCUT2D eigenvalue weighted by Crippen LogP contribution is 2.18. The molecule has 11 heavy (non-hydrogen) atoms. The quantitative estimate of drug-likeness (QED) is 0.562. The Labute approximate surface area is 61.0 Å². The molecule has 1 aliphatic rings. The molecule has 1 aliphatic carbocycles. The standard InChI is InChI=1S/C5H7F3N2O/c6-5(7,8)10-4(11)9-3-1-2-3/h3H,1-2H2,(H2,9,10,11). The summed E-state index contributed by atoms with van der Waals surface area (Å²) in [4.78, 5) is 10.4. The van der Waals surface area contributed by atoms with E-state index in [0.717, 1.165) is 18.2 Å². The van der Waals surface area contributed by atoms with Gasteiger partial charge >= 0.3 is 12.3 Å². The molecule has 0 atom stereocenters. The average molecular weight is 168 g/mol. The smallest absolute Gasteiger partial charge is 0.335 e. The second kappa shape index (κ2) is 2.60. The van der Waals surface area contributed by atoms with Crippen molar-refractivity contribution in [1.29, 1.82) is 0 Å². The maximum atomic E-state index is 11.4. The summed E-state index contributed by atoms with van der Waals surface area (Å²) >= 11 is 0. The lowest BCUT2D eigenvalue weighted by atomic mass is 10.7. The molecule has 0 bridgehead atoms. The maximum absolute atomic E-state index is 11.4. The van der Waals surface area contributed by atoms with Crippen molar-refractivity contribution in [3.05, 3.63) is 0 Å². The lowest BCUT2D eigenvalue weighted by Gasteiger charge is -2.08. The number of rotatable bonds is 1. The zero-order valence-corrected chi connectivity index (χ0v) is 5.53. The zero-order valence-electron chi connectivity index (χ0n) is 5.53. The Morgan fingerprint density at radius 3 is 2.27 bits per heavy atom. The van der Waals surface area contributed by atoms with Crippen molar-refractivity contribution in [1.82, 2.24) is 10.6 Å². The van der Waals surface area contributed by atoms with Crippen LogP contribution in [0.2, 0.25) is 0 Å². The van der Waals surface area contributed by atoms with E-state index in [1.54, 1.807) is 0 Å². The Morgan fingerprint density at radius 2 is 1.91 bits per heavy atom. The van der Waals surface area contributed by atoms with Gasteiger partial charge in [-0.15, -0.1) is 0 Å². The van der Waals surface area contributed by atoms with Gasteiger partial charge in [0.15, 0.2) is 0 Å². The number of hydrogen-bond acceptors (Lipinski definition) is 1. The SMILES string of the molecule is O=C(NC1CC1)NC(F)(F)F. The summed E-state index contributed by atoms with van der Waals surface area (Å²) in [6.07, 6.45) is -3.09. The minimum atomic E-state index is -4.63. The first kappa shape index (κ1) is 8.16. The van der Waals surface area contributed by atoms with E-state index >= 15 is 0 Å². The molecule has 0 saturated heterocycles. The van der Waals surface area contributed by atoms with Gasteiger partial charge in [0.05, 0.1) is 0 Å². The summed E-state index contributed by atoms with van der Waals surface area (Å²) in [6, 6.07) is -1.22. The molecule has 0 heterocycles. The minimum Gasteiger partial charge on any atom is -0.335 e. The van der Waals surface area contributed by atoms with Crippen LogP contribution in [0.5, 0.6) is 0 Å². The van der Waals surface area contributed by atoms with Crippen molar-refractivity contribution in [2.45, 2.75) is 25.2 Å². The predicted octanol–water partition coefficient (Wildman–Crippen LogP) is 0.968. The van der Waals surface area contributed by atoms with E-state index in [4.69, 9.17) is 0 Å². The highest BCUT2D eigenvalue weighted by molar-refractivity contribution is 5.74. The molecule has 0 unspecified atom stereocenters. The van der Waals surface area contributed by atoms with Crippen molar-refractivity contribution in [3.8, 4) is 0 Å². The number of alkyl halides is 3. The number of hydrogen-bond donors (Lipinski definition) is 2. The van der Waals surface area contributed by atoms with Gasteiger partial charge in [0, 0.05) is 6.04 Å². The van der Waals surface area contributed by atoms with Gasteiger partial charge in [-0.2, -0.15) is 13.2 Å². The molecule has 1 saturated carbocycles. The zero-order chi connectivity index (χ0) is 8.48. The molecule has 0 aliphatic heterocycles. The second-order valence-corrected chi connectivity index (χ2v) is 2.37. The molecule has 6 heteroatoms. The molecule has 0 radical (unpaired) electrons. The molecule has 1 rings (SSSR count). The molecule has 2 N–H and O–H groups in total. The number of carbonyl (C=O) groups is 1. The van der Waals surface area contributed by atoms with Crippen LogP contribution in [0.1, 0.15) is 12.8 Å². The van der Waals surface area contributed by atoms with Crippen LogP contribution in [-0.2, 0) is 0 Å². The third-order valence-corrected chi connectivity index (χ3v) is 1.17. The van der Waals surface area contributed by atoms with Crippen molar-refractivity contribution in [2.75, 3.05) is 0 Å². The van der Waals surface area contributed by atoms with Crippen molar-refractivity contribution >= 4 is 6.03 Å². The lowest BCUT2D eigenvalue weighted by molar-refractivity contribution is -0.145. The first-order chi connectivity index (χ1) is 4.97. The predicted molar refractivity (Wildman–Crippen MR) is 30.7 cm³/mol. The summed E-state index contributed by atoms with van der Waals surface area (Å²) in [7, 11) is 0. The highest BCUT2D eigenvalue weighted by atomic mass is 19.4. The molecule has 64 valence electrons. The Hall–Kier alpha value is -0.940. The highest BCUT2D eigenvalue weighted by Gasteiger charge is 2.32. The van der Waals surface area contributed by atoms with Crippen molar-refractivity contribution in [2.24, 2.45) is 0 Å². The van der Waals surface area contributed by atoms with Gasteiger partial charge in [-0.25, -0.2) is 10.1 Å². The fourth-order valence-electron chi connectivity index (χ4n) is 0.578. The maximum Gasteiger partial charge on any atom is 0.485 e. The van der Waals surface area contributed by atoms with Crippen LogP contribution in [0.25, 0.3) is 0 Å². The minimum absolute atomic E-state index is 0.0580. The first-order valence-corrected chi connectivity index (χ1v) is 3.13. The number of carbonyl (C=O) groups excluding carboxylic acids is 1. The topological polar surface area (TPSA) is 41.1 Å². The van der Waals surface area contributed by atoms with Gasteiger partial charge in [0.25, 0.3) is 0 Å². The third-order valence-electron chi connectivity index (χ3n) is 1.17. The Balaban J connectivity index is 2.19. The molecular formula is C5H7F3N2O. The van der Waals surface area contributed by atoms with E-state index in [1.807, 2.05) is 0 Å². The van der Waals surface area contributed by atoms with E-state index in [-0.39, 0.29) is 6.04 Å². The van der Waals surface area contributed by atoms with E-state index in [0.29, 0.717) is 0 Å². The number of halogens is 3. The Kier molecular flexibility index (Phi) is 1.92. The monoisotopic (exact) mass is 168 g/mol. The summed E-state index contributed by atoms with van der Waals surface area (Å²) in [5.74, 6) is 0. The van der Waals surface area contributed by atoms with E-state index in [2.05, 4.69) is 5.32 Å². The van der Waals surface area contributed by atoms with Gasteiger partial charge in [-0.3, -0.25) is 0 Å². The molecule has 2 amide bonds. The number of urea groups is 1. The summed E-state index contributed by atoms with van der Waals surface area (Å²) in [6.45, 7) is 0. The van der Waals surface area contributed by atoms with Crippen LogP contribution in [0, 0.1) is 0 Å².